The molecule has 1 aromatic rings. The molecule has 7 atom stereocenters. The van der Waals surface area contributed by atoms with Crippen LogP contribution in [0.2, 0.25) is 0 Å². The number of nitrogens with one attached hydrogen (secondary N) is 1. The maximum Gasteiger partial charge on any atom is 0.309 e. The van der Waals surface area contributed by atoms with Crippen molar-refractivity contribution < 1.29 is 29.3 Å². The highest BCUT2D eigenvalue weighted by atomic mass is 32.1. The van der Waals surface area contributed by atoms with Gasteiger partial charge in [-0.25, -0.2) is 4.98 Å². The van der Waals surface area contributed by atoms with Crippen LogP contribution >= 0.6 is 11.3 Å². The van der Waals surface area contributed by atoms with E-state index in [1.807, 2.05) is 32.4 Å². The molecule has 0 radical (unpaired) electrons. The van der Waals surface area contributed by atoms with Crippen molar-refractivity contribution in [3.8, 4) is 0 Å². The smallest absolute Gasteiger partial charge is 0.309 e. The molecular weight excluding hydrogens is 492 g/mol. The van der Waals surface area contributed by atoms with Gasteiger partial charge in [0.05, 0.1) is 41.4 Å². The first-order valence-electron chi connectivity index (χ1n) is 13.3. The molecule has 1 aromatic heterocycles. The van der Waals surface area contributed by atoms with Gasteiger partial charge in [0.25, 0.3) is 0 Å². The number of rotatable bonds is 4. The average molecular weight is 537 g/mol. The first-order valence-corrected chi connectivity index (χ1v) is 14.2. The summed E-state index contributed by atoms with van der Waals surface area (Å²) in [6.07, 6.45) is 1.92. The van der Waals surface area contributed by atoms with Crippen LogP contribution in [0, 0.1) is 17.3 Å². The monoisotopic (exact) mass is 536 g/mol. The first-order chi connectivity index (χ1) is 17.3. The first kappa shape index (κ1) is 29.9. The molecule has 8 nitrogen and oxygen atoms in total. The lowest BCUT2D eigenvalue weighted by molar-refractivity contribution is -0.154. The van der Waals surface area contributed by atoms with Crippen LogP contribution in [0.1, 0.15) is 84.3 Å². The minimum absolute atomic E-state index is 0.0565. The topological polar surface area (TPSA) is 121 Å². The van der Waals surface area contributed by atoms with Gasteiger partial charge in [0.1, 0.15) is 16.9 Å². The molecular formula is C28H44N2O6S. The lowest BCUT2D eigenvalue weighted by Gasteiger charge is -2.34. The van der Waals surface area contributed by atoms with Crippen LogP contribution in [0.15, 0.2) is 11.0 Å². The molecule has 9 heteroatoms. The molecule has 2 aliphatic heterocycles. The third-order valence-electron chi connectivity index (χ3n) is 8.19. The maximum absolute atomic E-state index is 13.3. The van der Waals surface area contributed by atoms with Gasteiger partial charge in [-0.15, -0.1) is 11.3 Å². The number of carbonyl (C=O) groups is 2. The lowest BCUT2D eigenvalue weighted by Crippen LogP contribution is -2.45. The van der Waals surface area contributed by atoms with Gasteiger partial charge in [-0.2, -0.15) is 0 Å². The van der Waals surface area contributed by atoms with E-state index in [9.17, 15) is 19.8 Å². The fraction of sp³-hybridized carbons (Fsp3) is 0.750. The number of carbonyl (C=O) groups excluding carboxylic acids is 2. The van der Waals surface area contributed by atoms with E-state index in [2.05, 4.69) is 17.2 Å². The molecule has 3 rings (SSSR count). The van der Waals surface area contributed by atoms with Gasteiger partial charge < -0.3 is 25.0 Å². The molecule has 0 aromatic carbocycles. The average Bonchev–Trinajstić information content (AvgIpc) is 3.24. The van der Waals surface area contributed by atoms with Gasteiger partial charge >= 0.3 is 5.97 Å². The number of thiazole rings is 1. The molecule has 2 fully saturated rings. The molecule has 0 bridgehead atoms. The highest BCUT2D eigenvalue weighted by Crippen LogP contribution is 2.45. The fourth-order valence-electron chi connectivity index (χ4n) is 5.24. The molecule has 3 heterocycles. The summed E-state index contributed by atoms with van der Waals surface area (Å²) in [6, 6.07) is 0. The number of aliphatic hydroxyl groups is 2. The van der Waals surface area contributed by atoms with E-state index in [1.54, 1.807) is 32.1 Å². The molecule has 0 saturated carbocycles. The van der Waals surface area contributed by atoms with Crippen molar-refractivity contribution in [2.75, 3.05) is 7.05 Å². The van der Waals surface area contributed by atoms with Crippen LogP contribution in [-0.4, -0.2) is 64.0 Å². The van der Waals surface area contributed by atoms with E-state index in [1.165, 1.54) is 0 Å². The third-order valence-corrected chi connectivity index (χ3v) is 9.05. The largest absolute Gasteiger partial charge is 0.458 e. The number of esters is 1. The number of epoxide rings is 1. The number of aromatic nitrogens is 1. The summed E-state index contributed by atoms with van der Waals surface area (Å²) in [5, 5.41) is 27.8. The zero-order valence-electron chi connectivity index (χ0n) is 23.2. The highest BCUT2D eigenvalue weighted by molar-refractivity contribution is 7.09. The molecule has 208 valence electrons. The SMILES string of the molecule is CNCc1nc(C=C(C)[C@H]2C[C@@H]3O[C@@]3(C)CCC[C@@H](C)[C@@H](O)[C@H](C)C(=O)C(C)(C)[C@H](O)CC(=O)O2)cs1. The summed E-state index contributed by atoms with van der Waals surface area (Å²) in [5.41, 5.74) is 0.141. The maximum atomic E-state index is 13.3. The van der Waals surface area contributed by atoms with E-state index in [4.69, 9.17) is 9.47 Å². The summed E-state index contributed by atoms with van der Waals surface area (Å²) in [4.78, 5) is 30.9. The Morgan fingerprint density at radius 3 is 2.65 bits per heavy atom. The number of fused-ring (bicyclic) bond motifs is 1. The van der Waals surface area contributed by atoms with Gasteiger partial charge in [-0.1, -0.05) is 34.1 Å². The summed E-state index contributed by atoms with van der Waals surface area (Å²) >= 11 is 1.57. The minimum atomic E-state index is -1.24. The Labute approximate surface area is 224 Å². The van der Waals surface area contributed by atoms with Crippen molar-refractivity contribution in [2.45, 2.75) is 110 Å². The van der Waals surface area contributed by atoms with Gasteiger partial charge in [-0.3, -0.25) is 9.59 Å². The second-order valence-electron chi connectivity index (χ2n) is 11.7. The molecule has 0 amide bonds. The fourth-order valence-corrected chi connectivity index (χ4v) is 6.01. The van der Waals surface area contributed by atoms with Crippen LogP contribution in [0.25, 0.3) is 6.08 Å². The van der Waals surface area contributed by atoms with Gasteiger partial charge in [0, 0.05) is 24.3 Å². The number of Topliss-reactive ketones (excluding diaryl/α,β-unsaturated/α-hetero) is 1. The number of ketones is 1. The summed E-state index contributed by atoms with van der Waals surface area (Å²) in [5.74, 6) is -1.57. The van der Waals surface area contributed by atoms with E-state index >= 15 is 0 Å². The van der Waals surface area contributed by atoms with E-state index < -0.39 is 35.6 Å². The molecule has 3 N–H and O–H groups in total. The van der Waals surface area contributed by atoms with Gasteiger partial charge in [0.2, 0.25) is 0 Å². The van der Waals surface area contributed by atoms with Gasteiger partial charge in [-0.05, 0) is 51.3 Å². The Kier molecular flexibility index (Phi) is 9.72. The van der Waals surface area contributed by atoms with Crippen molar-refractivity contribution in [1.29, 1.82) is 0 Å². The summed E-state index contributed by atoms with van der Waals surface area (Å²) in [7, 11) is 1.87. The number of aliphatic hydroxyl groups excluding tert-OH is 2. The predicted molar refractivity (Wildman–Crippen MR) is 144 cm³/mol. The van der Waals surface area contributed by atoms with Crippen LogP contribution in [0.5, 0.6) is 0 Å². The molecule has 0 unspecified atom stereocenters. The van der Waals surface area contributed by atoms with E-state index in [0.717, 1.165) is 35.5 Å². The molecule has 0 spiro atoms. The van der Waals surface area contributed by atoms with Gasteiger partial charge in [0.15, 0.2) is 0 Å². The number of hydrogen-bond acceptors (Lipinski definition) is 9. The minimum Gasteiger partial charge on any atom is -0.458 e. The Morgan fingerprint density at radius 2 is 1.97 bits per heavy atom. The molecule has 0 aliphatic carbocycles. The quantitative estimate of drug-likeness (QED) is 0.392. The molecule has 2 aliphatic rings. The standard InChI is InChI=1S/C28H44N2O6S/c1-16-9-8-10-28(6)22(36-28)12-20(17(2)11-19-15-37-23(30-19)14-29-7)35-24(32)13-21(31)27(4,5)26(34)18(3)25(16)33/h11,15-16,18,20-22,25,29,31,33H,8-10,12-14H2,1-7H3/t16-,18+,20-,21-,22+,25-,28+/m1/s1. The van der Waals surface area contributed by atoms with Crippen LogP contribution in [0.4, 0.5) is 0 Å². The van der Waals surface area contributed by atoms with Crippen LogP contribution < -0.4 is 5.32 Å². The number of cyclic esters (lactones) is 1. The Morgan fingerprint density at radius 1 is 1.27 bits per heavy atom. The Bertz CT molecular complexity index is 991. The molecule has 2 saturated heterocycles. The summed E-state index contributed by atoms with van der Waals surface area (Å²) in [6.45, 7) is 11.6. The zero-order valence-corrected chi connectivity index (χ0v) is 24.1. The van der Waals surface area contributed by atoms with Crippen LogP contribution in [0.3, 0.4) is 0 Å². The lowest BCUT2D eigenvalue weighted by atomic mass is 9.73. The second-order valence-corrected chi connectivity index (χ2v) is 12.6. The van der Waals surface area contributed by atoms with Crippen molar-refractivity contribution in [3.63, 3.8) is 0 Å². The molecule has 37 heavy (non-hydrogen) atoms. The predicted octanol–water partition coefficient (Wildman–Crippen LogP) is 3.89. The number of nitrogens with zero attached hydrogens (tertiary/aromatic N) is 1. The van der Waals surface area contributed by atoms with Crippen molar-refractivity contribution in [1.82, 2.24) is 10.3 Å². The number of hydrogen-bond donors (Lipinski definition) is 3. The highest BCUT2D eigenvalue weighted by Gasteiger charge is 2.53. The van der Waals surface area contributed by atoms with Crippen molar-refractivity contribution >= 4 is 29.2 Å². The second kappa shape index (κ2) is 12.0. The zero-order chi connectivity index (χ0) is 27.5. The van der Waals surface area contributed by atoms with Crippen molar-refractivity contribution in [3.05, 3.63) is 21.7 Å². The third kappa shape index (κ3) is 7.26. The Balaban J connectivity index is 1.84. The van der Waals surface area contributed by atoms with E-state index in [-0.39, 0.29) is 29.8 Å². The van der Waals surface area contributed by atoms with E-state index in [0.29, 0.717) is 13.0 Å². The number of ether oxygens (including phenoxy) is 2. The summed E-state index contributed by atoms with van der Waals surface area (Å²) < 4.78 is 12.0. The Hall–Kier alpha value is -1.65. The van der Waals surface area contributed by atoms with Crippen LogP contribution in [-0.2, 0) is 25.6 Å². The van der Waals surface area contributed by atoms with Crippen molar-refractivity contribution in [2.24, 2.45) is 17.3 Å². The normalized spacial score (nSPS) is 36.1.